The number of nitrogens with zero attached hydrogens (tertiary/aromatic N) is 1. The van der Waals surface area contributed by atoms with Crippen LogP contribution in [0.4, 0.5) is 0 Å². The number of sulfone groups is 1. The molecule has 1 saturated heterocycles. The monoisotopic (exact) mass is 266 g/mol. The number of carbonyl (C=O) groups is 1. The Kier molecular flexibility index (Phi) is 3.91. The minimum absolute atomic E-state index is 0.303. The van der Waals surface area contributed by atoms with Gasteiger partial charge in [-0.3, -0.25) is 4.79 Å². The lowest BCUT2D eigenvalue weighted by Gasteiger charge is -2.37. The summed E-state index contributed by atoms with van der Waals surface area (Å²) < 4.78 is 23.2. The maximum atomic E-state index is 12.0. The van der Waals surface area contributed by atoms with Crippen molar-refractivity contribution >= 4 is 27.5 Å². The van der Waals surface area contributed by atoms with Crippen LogP contribution in [0.3, 0.4) is 0 Å². The lowest BCUT2D eigenvalue weighted by molar-refractivity contribution is -0.136. The highest BCUT2D eigenvalue weighted by Gasteiger charge is 2.38. The lowest BCUT2D eigenvalue weighted by atomic mass is 10.1. The highest BCUT2D eigenvalue weighted by Crippen LogP contribution is 2.22. The van der Waals surface area contributed by atoms with Crippen molar-refractivity contribution in [1.29, 1.82) is 0 Å². The van der Waals surface area contributed by atoms with Gasteiger partial charge in [0.1, 0.15) is 5.37 Å². The number of nitrogens with two attached hydrogens (primary N) is 1. The highest BCUT2D eigenvalue weighted by molar-refractivity contribution is 8.00. The zero-order valence-corrected chi connectivity index (χ0v) is 11.4. The zero-order valence-electron chi connectivity index (χ0n) is 9.76. The van der Waals surface area contributed by atoms with Gasteiger partial charge in [-0.05, 0) is 13.8 Å². The van der Waals surface area contributed by atoms with E-state index >= 15 is 0 Å². The average molecular weight is 266 g/mol. The van der Waals surface area contributed by atoms with E-state index in [1.54, 1.807) is 25.6 Å². The van der Waals surface area contributed by atoms with Crippen molar-refractivity contribution in [2.75, 3.05) is 24.3 Å². The Morgan fingerprint density at radius 2 is 2.06 bits per heavy atom. The molecule has 0 bridgehead atoms. The fraction of sp³-hybridized carbons (Fsp3) is 0.889. The molecule has 16 heavy (non-hydrogen) atoms. The quantitative estimate of drug-likeness (QED) is 0.740. The largest absolute Gasteiger partial charge is 0.322 e. The second-order valence-corrected chi connectivity index (χ2v) is 7.93. The Labute approximate surface area is 101 Å². The van der Waals surface area contributed by atoms with Gasteiger partial charge in [-0.25, -0.2) is 8.42 Å². The molecule has 0 saturated carbocycles. The predicted molar refractivity (Wildman–Crippen MR) is 65.9 cm³/mol. The number of thioether (sulfide) groups is 1. The Morgan fingerprint density at radius 1 is 1.50 bits per heavy atom. The van der Waals surface area contributed by atoms with Gasteiger partial charge in [-0.15, -0.1) is 0 Å². The number of hydrogen-bond acceptors (Lipinski definition) is 5. The van der Waals surface area contributed by atoms with Crippen LogP contribution in [0.15, 0.2) is 0 Å². The molecular weight excluding hydrogens is 248 g/mol. The van der Waals surface area contributed by atoms with Crippen LogP contribution < -0.4 is 5.73 Å². The molecule has 2 N–H and O–H groups in total. The molecule has 7 heteroatoms. The normalized spacial score (nSPS) is 23.2. The van der Waals surface area contributed by atoms with E-state index in [1.165, 1.54) is 4.90 Å². The topological polar surface area (TPSA) is 80.5 Å². The third-order valence-electron chi connectivity index (χ3n) is 2.39. The Hall–Kier alpha value is -0.270. The van der Waals surface area contributed by atoms with Crippen LogP contribution in [-0.2, 0) is 14.6 Å². The second kappa shape index (κ2) is 4.54. The summed E-state index contributed by atoms with van der Waals surface area (Å²) in [6, 6.07) is 0. The lowest BCUT2D eigenvalue weighted by Crippen LogP contribution is -2.58. The average Bonchev–Trinajstić information content (AvgIpc) is 2.14. The summed E-state index contributed by atoms with van der Waals surface area (Å²) in [6.07, 6.45) is 1.16. The van der Waals surface area contributed by atoms with Crippen molar-refractivity contribution in [2.45, 2.75) is 24.8 Å². The molecule has 1 amide bonds. The van der Waals surface area contributed by atoms with Crippen LogP contribution >= 0.6 is 11.8 Å². The van der Waals surface area contributed by atoms with Crippen molar-refractivity contribution in [2.24, 2.45) is 5.73 Å². The van der Waals surface area contributed by atoms with E-state index < -0.39 is 20.8 Å². The van der Waals surface area contributed by atoms with Crippen LogP contribution in [0.2, 0.25) is 0 Å². The van der Waals surface area contributed by atoms with Crippen molar-refractivity contribution in [3.63, 3.8) is 0 Å². The Bertz CT molecular complexity index is 373. The van der Waals surface area contributed by atoms with E-state index in [0.717, 1.165) is 12.0 Å². The van der Waals surface area contributed by atoms with Gasteiger partial charge in [-0.2, -0.15) is 11.8 Å². The number of hydrogen-bond donors (Lipinski definition) is 1. The predicted octanol–water partition coefficient (Wildman–Crippen LogP) is -0.330. The van der Waals surface area contributed by atoms with E-state index in [4.69, 9.17) is 5.73 Å². The molecule has 0 spiro atoms. The molecule has 1 rings (SSSR count). The summed E-state index contributed by atoms with van der Waals surface area (Å²) in [5.74, 6) is 0.886. The third-order valence-corrected chi connectivity index (χ3v) is 5.03. The smallest absolute Gasteiger partial charge is 0.243 e. The Balaban J connectivity index is 2.96. The summed E-state index contributed by atoms with van der Waals surface area (Å²) in [4.78, 5) is 13.4. The number of carbonyl (C=O) groups excluding carboxylic acids is 1. The fourth-order valence-corrected chi connectivity index (χ4v) is 4.35. The molecule has 1 aliphatic rings. The van der Waals surface area contributed by atoms with Crippen LogP contribution in [0.1, 0.15) is 13.8 Å². The van der Waals surface area contributed by atoms with E-state index in [2.05, 4.69) is 0 Å². The van der Waals surface area contributed by atoms with Gasteiger partial charge < -0.3 is 10.6 Å². The molecule has 0 aromatic heterocycles. The molecular formula is C9H18N2O3S2. The first-order valence-corrected chi connectivity index (χ1v) is 8.11. The third kappa shape index (κ3) is 3.11. The minimum Gasteiger partial charge on any atom is -0.322 e. The summed E-state index contributed by atoms with van der Waals surface area (Å²) in [6.45, 7) is 3.63. The maximum Gasteiger partial charge on any atom is 0.243 e. The minimum atomic E-state index is -3.25. The molecule has 0 aromatic rings. The molecule has 0 radical (unpaired) electrons. The summed E-state index contributed by atoms with van der Waals surface area (Å²) in [5, 5.41) is -0.735. The molecule has 0 aromatic carbocycles. The molecule has 1 atom stereocenters. The molecule has 5 nitrogen and oxygen atoms in total. The standard InChI is InChI=1S/C9H18N2O3S2/c1-9(2,10)8(12)11-4-5-15-6-7(11)16(3,13)14/h7H,4-6,10H2,1-3H3. The first-order chi connectivity index (χ1) is 7.14. The zero-order chi connectivity index (χ0) is 12.6. The van der Waals surface area contributed by atoms with Crippen molar-refractivity contribution < 1.29 is 13.2 Å². The molecule has 1 unspecified atom stereocenters. The van der Waals surface area contributed by atoms with Crippen LogP contribution in [0.5, 0.6) is 0 Å². The summed E-state index contributed by atoms with van der Waals surface area (Å²) in [5.41, 5.74) is 4.70. The number of amides is 1. The van der Waals surface area contributed by atoms with Crippen LogP contribution in [0.25, 0.3) is 0 Å². The maximum absolute atomic E-state index is 12.0. The molecule has 94 valence electrons. The van der Waals surface area contributed by atoms with Gasteiger partial charge in [0.05, 0.1) is 5.54 Å². The molecule has 0 aliphatic carbocycles. The van der Waals surface area contributed by atoms with Gasteiger partial charge in [0.2, 0.25) is 5.91 Å². The van der Waals surface area contributed by atoms with Gasteiger partial charge in [0, 0.05) is 24.3 Å². The van der Waals surface area contributed by atoms with Gasteiger partial charge >= 0.3 is 0 Å². The second-order valence-electron chi connectivity index (χ2n) is 4.58. The summed E-state index contributed by atoms with van der Waals surface area (Å²) in [7, 11) is -3.25. The van der Waals surface area contributed by atoms with Gasteiger partial charge in [0.15, 0.2) is 9.84 Å². The van der Waals surface area contributed by atoms with E-state index in [-0.39, 0.29) is 5.91 Å². The highest BCUT2D eigenvalue weighted by atomic mass is 32.2. The van der Waals surface area contributed by atoms with Gasteiger partial charge in [0.25, 0.3) is 0 Å². The van der Waals surface area contributed by atoms with E-state index in [1.807, 2.05) is 0 Å². The van der Waals surface area contributed by atoms with E-state index in [9.17, 15) is 13.2 Å². The van der Waals surface area contributed by atoms with Crippen molar-refractivity contribution in [3.05, 3.63) is 0 Å². The molecule has 1 heterocycles. The van der Waals surface area contributed by atoms with Gasteiger partial charge in [-0.1, -0.05) is 0 Å². The summed E-state index contributed by atoms with van der Waals surface area (Å²) >= 11 is 1.55. The van der Waals surface area contributed by atoms with Crippen molar-refractivity contribution in [1.82, 2.24) is 4.90 Å². The SMILES string of the molecule is CC(C)(N)C(=O)N1CCSCC1S(C)(=O)=O. The number of rotatable bonds is 2. The first-order valence-electron chi connectivity index (χ1n) is 5.00. The fourth-order valence-electron chi connectivity index (χ4n) is 1.54. The Morgan fingerprint density at radius 3 is 2.50 bits per heavy atom. The van der Waals surface area contributed by atoms with E-state index in [0.29, 0.717) is 12.3 Å². The molecule has 1 aliphatic heterocycles. The first kappa shape index (κ1) is 13.8. The molecule has 1 fully saturated rings. The van der Waals surface area contributed by atoms with Crippen LogP contribution in [-0.4, -0.2) is 54.4 Å². The van der Waals surface area contributed by atoms with Crippen molar-refractivity contribution in [3.8, 4) is 0 Å². The van der Waals surface area contributed by atoms with Crippen LogP contribution in [0, 0.1) is 0 Å².